The zero-order valence-corrected chi connectivity index (χ0v) is 24.2. The number of aryl methyl sites for hydroxylation is 1. The van der Waals surface area contributed by atoms with E-state index < -0.39 is 15.1 Å². The molecule has 3 atom stereocenters. The first kappa shape index (κ1) is 27.3. The van der Waals surface area contributed by atoms with Gasteiger partial charge in [-0.25, -0.2) is 18.4 Å². The van der Waals surface area contributed by atoms with Crippen LogP contribution in [0, 0.1) is 0 Å². The summed E-state index contributed by atoms with van der Waals surface area (Å²) >= 11 is 0. The average Bonchev–Trinajstić information content (AvgIpc) is 2.97. The summed E-state index contributed by atoms with van der Waals surface area (Å²) in [6.07, 6.45) is 3.30. The molecule has 0 unspecified atom stereocenters. The van der Waals surface area contributed by atoms with Gasteiger partial charge in [0, 0.05) is 30.2 Å². The van der Waals surface area contributed by atoms with Crippen LogP contribution in [0.5, 0.6) is 0 Å². The van der Waals surface area contributed by atoms with Crippen molar-refractivity contribution in [2.24, 2.45) is 0 Å². The molecule has 6 rings (SSSR count). The molecule has 3 aromatic heterocycles. The first-order valence-corrected chi connectivity index (χ1v) is 15.5. The van der Waals surface area contributed by atoms with E-state index >= 15 is 0 Å². The number of amides is 1. The molecule has 2 aliphatic rings. The Morgan fingerprint density at radius 2 is 1.78 bits per heavy atom. The first-order valence-electron chi connectivity index (χ1n) is 14.0. The second-order valence-corrected chi connectivity index (χ2v) is 13.3. The number of rotatable bonds is 5. The number of benzene rings is 1. The summed E-state index contributed by atoms with van der Waals surface area (Å²) in [5.41, 5.74) is 4.01. The number of morpholine rings is 1. The summed E-state index contributed by atoms with van der Waals surface area (Å²) in [4.78, 5) is 29.7. The van der Waals surface area contributed by atoms with Gasteiger partial charge in [0.25, 0.3) is 5.91 Å². The number of nitrogens with one attached hydrogen (secondary N) is 1. The molecule has 1 amide bonds. The molecule has 0 radical (unpaired) electrons. The van der Waals surface area contributed by atoms with Crippen molar-refractivity contribution in [2.45, 2.75) is 62.5 Å². The zero-order chi connectivity index (χ0) is 28.7. The molecule has 1 N–H and O–H groups in total. The summed E-state index contributed by atoms with van der Waals surface area (Å²) < 4.78 is 31.4. The zero-order valence-electron chi connectivity index (χ0n) is 23.4. The Labute approximate surface area is 239 Å². The Morgan fingerprint density at radius 3 is 2.59 bits per heavy atom. The predicted octanol–water partition coefficient (Wildman–Crippen LogP) is 4.34. The third-order valence-electron chi connectivity index (χ3n) is 7.79. The third-order valence-corrected chi connectivity index (χ3v) is 10.1. The number of hydrogen-bond donors (Lipinski definition) is 1. The average molecular weight is 572 g/mol. The molecule has 0 aliphatic carbocycles. The molecule has 1 saturated heterocycles. The van der Waals surface area contributed by atoms with Crippen molar-refractivity contribution in [3.63, 3.8) is 0 Å². The molecule has 1 aromatic carbocycles. The quantitative estimate of drug-likeness (QED) is 0.376. The lowest BCUT2D eigenvalue weighted by Gasteiger charge is -2.36. The molecule has 0 spiro atoms. The fourth-order valence-corrected chi connectivity index (χ4v) is 7.26. The van der Waals surface area contributed by atoms with Gasteiger partial charge < -0.3 is 15.0 Å². The van der Waals surface area contributed by atoms with Gasteiger partial charge in [0.2, 0.25) is 0 Å². The highest BCUT2D eigenvalue weighted by Gasteiger charge is 2.31. The van der Waals surface area contributed by atoms with Gasteiger partial charge in [-0.3, -0.25) is 9.78 Å². The lowest BCUT2D eigenvalue weighted by molar-refractivity contribution is -0.00545. The highest BCUT2D eigenvalue weighted by molar-refractivity contribution is 7.92. The molecule has 0 bridgehead atoms. The van der Waals surface area contributed by atoms with Gasteiger partial charge in [-0.1, -0.05) is 12.1 Å². The van der Waals surface area contributed by atoms with Gasteiger partial charge in [0.05, 0.1) is 51.5 Å². The number of aromatic nitrogens is 3. The van der Waals surface area contributed by atoms with Gasteiger partial charge in [0.1, 0.15) is 5.82 Å². The van der Waals surface area contributed by atoms with Gasteiger partial charge in [0.15, 0.2) is 9.84 Å². The fourth-order valence-electron chi connectivity index (χ4n) is 5.58. The maximum absolute atomic E-state index is 12.9. The van der Waals surface area contributed by atoms with E-state index in [-0.39, 0.29) is 29.6 Å². The Morgan fingerprint density at radius 1 is 1.00 bits per heavy atom. The van der Waals surface area contributed by atoms with Crippen molar-refractivity contribution in [3.05, 3.63) is 77.6 Å². The van der Waals surface area contributed by atoms with Crippen LogP contribution < -0.4 is 10.2 Å². The number of ether oxygens (including phenoxy) is 1. The van der Waals surface area contributed by atoms with Gasteiger partial charge in [-0.2, -0.15) is 0 Å². The van der Waals surface area contributed by atoms with Crippen molar-refractivity contribution in [3.8, 4) is 11.4 Å². The standard InChI is InChI=1S/C31H33N5O4S/c1-19-17-36(18-20(2)40-19)30-6-4-5-26(35-30)27-12-11-24-15-32-25(14-28(24)34-27)16-33-31(37)23-10-9-22-8-7-21(3)41(38,39)29(22)13-23/h4-6,9-15,19-21H,7-8,16-18H2,1-3H3,(H,33,37)/t19-,20+,21-/m0/s1. The topological polar surface area (TPSA) is 114 Å². The Balaban J connectivity index is 1.19. The van der Waals surface area contributed by atoms with Crippen molar-refractivity contribution in [2.75, 3.05) is 18.0 Å². The van der Waals surface area contributed by atoms with Crippen LogP contribution in [0.25, 0.3) is 22.3 Å². The van der Waals surface area contributed by atoms with Crippen LogP contribution >= 0.6 is 0 Å². The monoisotopic (exact) mass is 571 g/mol. The lowest BCUT2D eigenvalue weighted by atomic mass is 10.0. The predicted molar refractivity (Wildman–Crippen MR) is 158 cm³/mol. The summed E-state index contributed by atoms with van der Waals surface area (Å²) in [5, 5.41) is 3.30. The fraction of sp³-hybridized carbons (Fsp3) is 0.355. The van der Waals surface area contributed by atoms with Gasteiger partial charge >= 0.3 is 0 Å². The van der Waals surface area contributed by atoms with E-state index in [4.69, 9.17) is 14.7 Å². The maximum Gasteiger partial charge on any atom is 0.251 e. The molecule has 1 fully saturated rings. The van der Waals surface area contributed by atoms with Crippen LogP contribution in [0.1, 0.15) is 48.8 Å². The SMILES string of the molecule is C[C@@H]1CN(c2cccc(-c3ccc4cnc(CNC(=O)c5ccc6c(c5)S(=O)(=O)[C@@H](C)CC6)cc4n3)n2)C[C@H](C)O1. The minimum Gasteiger partial charge on any atom is -0.372 e. The molecule has 2 aliphatic heterocycles. The van der Waals surface area contributed by atoms with Crippen LogP contribution in [-0.4, -0.2) is 59.8 Å². The van der Waals surface area contributed by atoms with E-state index in [1.54, 1.807) is 25.3 Å². The van der Waals surface area contributed by atoms with Crippen LogP contribution in [0.4, 0.5) is 5.82 Å². The largest absolute Gasteiger partial charge is 0.372 e. The number of sulfone groups is 1. The van der Waals surface area contributed by atoms with E-state index in [1.165, 1.54) is 6.07 Å². The van der Waals surface area contributed by atoms with Crippen molar-refractivity contribution in [1.82, 2.24) is 20.3 Å². The van der Waals surface area contributed by atoms with Crippen LogP contribution in [-0.2, 0) is 27.5 Å². The molecular formula is C31H33N5O4S. The van der Waals surface area contributed by atoms with Crippen molar-refractivity contribution >= 4 is 32.5 Å². The van der Waals surface area contributed by atoms with E-state index in [0.29, 0.717) is 24.1 Å². The number of hydrogen-bond acceptors (Lipinski definition) is 8. The third kappa shape index (κ3) is 5.54. The molecular weight excluding hydrogens is 538 g/mol. The Hall–Kier alpha value is -3.89. The number of carbonyl (C=O) groups is 1. The van der Waals surface area contributed by atoms with E-state index in [1.807, 2.05) is 36.4 Å². The van der Waals surface area contributed by atoms with E-state index in [0.717, 1.165) is 46.8 Å². The van der Waals surface area contributed by atoms with Gasteiger partial charge in [-0.05, 0) is 81.6 Å². The van der Waals surface area contributed by atoms with Crippen LogP contribution in [0.2, 0.25) is 0 Å². The molecule has 10 heteroatoms. The van der Waals surface area contributed by atoms with E-state index in [2.05, 4.69) is 29.0 Å². The molecule has 212 valence electrons. The van der Waals surface area contributed by atoms with E-state index in [9.17, 15) is 13.2 Å². The summed E-state index contributed by atoms with van der Waals surface area (Å²) in [6, 6.07) is 16.6. The molecule has 9 nitrogen and oxygen atoms in total. The number of pyridine rings is 3. The number of anilines is 1. The second-order valence-electron chi connectivity index (χ2n) is 11.0. The Bertz CT molecular complexity index is 1730. The first-order chi connectivity index (χ1) is 19.7. The highest BCUT2D eigenvalue weighted by Crippen LogP contribution is 2.30. The molecule has 5 heterocycles. The van der Waals surface area contributed by atoms with Crippen molar-refractivity contribution in [1.29, 1.82) is 0 Å². The maximum atomic E-state index is 12.9. The highest BCUT2D eigenvalue weighted by atomic mass is 32.2. The molecule has 41 heavy (non-hydrogen) atoms. The second kappa shape index (κ2) is 10.8. The number of fused-ring (bicyclic) bond motifs is 2. The number of nitrogens with zero attached hydrogens (tertiary/aromatic N) is 4. The van der Waals surface area contributed by atoms with Crippen LogP contribution in [0.15, 0.2) is 65.7 Å². The minimum absolute atomic E-state index is 0.137. The number of carbonyl (C=O) groups excluding carboxylic acids is 1. The minimum atomic E-state index is -3.42. The smallest absolute Gasteiger partial charge is 0.251 e. The van der Waals surface area contributed by atoms with Crippen LogP contribution in [0.3, 0.4) is 0 Å². The lowest BCUT2D eigenvalue weighted by Crippen LogP contribution is -2.45. The Kier molecular flexibility index (Phi) is 7.21. The van der Waals surface area contributed by atoms with Crippen molar-refractivity contribution < 1.29 is 17.9 Å². The summed E-state index contributed by atoms with van der Waals surface area (Å²) in [7, 11) is -3.42. The molecule has 4 aromatic rings. The summed E-state index contributed by atoms with van der Waals surface area (Å²) in [5.74, 6) is 0.548. The molecule has 0 saturated carbocycles. The normalized spacial score (nSPS) is 21.8. The van der Waals surface area contributed by atoms with Gasteiger partial charge in [-0.15, -0.1) is 0 Å². The summed E-state index contributed by atoms with van der Waals surface area (Å²) in [6.45, 7) is 7.61.